The van der Waals surface area contributed by atoms with Gasteiger partial charge in [-0.05, 0) is 0 Å². The van der Waals surface area contributed by atoms with E-state index in [1.807, 2.05) is 40.5 Å². The molecule has 0 unspecified atom stereocenters. The topological polar surface area (TPSA) is 37.3 Å². The van der Waals surface area contributed by atoms with Gasteiger partial charge < -0.3 is 17.7 Å². The van der Waals surface area contributed by atoms with Gasteiger partial charge in [-0.1, -0.05) is 0 Å². The van der Waals surface area contributed by atoms with Gasteiger partial charge in [0, 0.05) is 0 Å². The van der Waals surface area contributed by atoms with Crippen LogP contribution in [-0.2, 0) is 4.57 Å². The van der Waals surface area contributed by atoms with Crippen molar-refractivity contribution in [3.63, 3.8) is 0 Å². The van der Waals surface area contributed by atoms with E-state index in [0.717, 1.165) is 0 Å². The first-order valence-corrected chi connectivity index (χ1v) is 3.46. The molecule has 0 aliphatic carbocycles. The maximum Gasteiger partial charge on any atom is 2.00 e. The van der Waals surface area contributed by atoms with Crippen molar-refractivity contribution in [3.05, 3.63) is 12.8 Å². The van der Waals surface area contributed by atoms with Crippen LogP contribution in [0.4, 0.5) is 0 Å². The van der Waals surface area contributed by atoms with Crippen molar-refractivity contribution in [2.24, 2.45) is 0 Å². The van der Waals surface area contributed by atoms with Crippen molar-refractivity contribution in [1.82, 2.24) is 0 Å². The summed E-state index contributed by atoms with van der Waals surface area (Å²) in [4.78, 5) is 6.99. The molecule has 0 spiro atoms. The molecule has 0 aromatic heterocycles. The molecule has 10 heavy (non-hydrogen) atoms. The average molecular weight is 174 g/mol. The number of rotatable bonds is 0. The minimum absolute atomic E-state index is 0. The van der Waals surface area contributed by atoms with Gasteiger partial charge in [-0.3, -0.25) is 0 Å². The second-order valence-electron chi connectivity index (χ2n) is 1.24. The third-order valence-corrected chi connectivity index (χ3v) is 0. The molecule has 0 fully saturated rings. The third kappa shape index (κ3) is 792. The molecule has 0 heterocycles. The van der Waals surface area contributed by atoms with Crippen LogP contribution in [0.2, 0.25) is 0 Å². The fourth-order valence-electron chi connectivity index (χ4n) is 0. The normalized spacial score (nSPS) is 5.70. The van der Waals surface area contributed by atoms with Gasteiger partial charge >= 0.3 is 31.7 Å². The Morgan fingerprint density at radius 3 is 1.10 bits per heavy atom. The second kappa shape index (κ2) is 52.3. The first-order valence-electron chi connectivity index (χ1n) is 2.69. The van der Waals surface area contributed by atoms with E-state index in [4.69, 9.17) is 9.46 Å². The zero-order valence-corrected chi connectivity index (χ0v) is 9.47. The Balaban J connectivity index is -0.0000000257. The van der Waals surface area contributed by atoms with Crippen LogP contribution in [0.5, 0.6) is 0 Å². The monoisotopic (exact) mass is 174 g/mol. The SMILES string of the molecule is C[CH-]C.C[CH-]C.O=PO.[Mg+2]. The van der Waals surface area contributed by atoms with Crippen molar-refractivity contribution < 1.29 is 9.46 Å². The zero-order chi connectivity index (χ0) is 8.12. The predicted octanol–water partition coefficient (Wildman–Crippen LogP) is 2.27. The van der Waals surface area contributed by atoms with E-state index >= 15 is 0 Å². The molecule has 0 saturated heterocycles. The van der Waals surface area contributed by atoms with Gasteiger partial charge in [-0.2, -0.15) is 27.7 Å². The molecule has 1 N–H and O–H groups in total. The van der Waals surface area contributed by atoms with Crippen LogP contribution < -0.4 is 0 Å². The van der Waals surface area contributed by atoms with Crippen molar-refractivity contribution in [1.29, 1.82) is 0 Å². The number of hydrogen-bond acceptors (Lipinski definition) is 1. The van der Waals surface area contributed by atoms with E-state index in [-0.39, 0.29) is 23.1 Å². The summed E-state index contributed by atoms with van der Waals surface area (Å²) < 4.78 is 8.46. The van der Waals surface area contributed by atoms with Gasteiger partial charge in [-0.15, -0.1) is 0 Å². The van der Waals surface area contributed by atoms with Crippen molar-refractivity contribution in [3.8, 4) is 0 Å². The third-order valence-electron chi connectivity index (χ3n) is 0. The van der Waals surface area contributed by atoms with Crippen molar-refractivity contribution >= 4 is 31.7 Å². The smallest absolute Gasteiger partial charge is 0.335 e. The molecule has 4 heteroatoms. The fourth-order valence-corrected chi connectivity index (χ4v) is 0. The van der Waals surface area contributed by atoms with Gasteiger partial charge in [0.2, 0.25) is 0 Å². The van der Waals surface area contributed by atoms with E-state index in [9.17, 15) is 0 Å². The maximum atomic E-state index is 8.46. The molecule has 0 amide bonds. The Labute approximate surface area is 81.8 Å². The summed E-state index contributed by atoms with van der Waals surface area (Å²) in [5, 5.41) is 0. The average Bonchev–Trinajstić information content (AvgIpc) is 1.70. The van der Waals surface area contributed by atoms with E-state index in [2.05, 4.69) is 0 Å². The van der Waals surface area contributed by atoms with Crippen molar-refractivity contribution in [2.45, 2.75) is 27.7 Å². The fraction of sp³-hybridized carbons (Fsp3) is 0.667. The van der Waals surface area contributed by atoms with E-state index in [0.29, 0.717) is 0 Å². The summed E-state index contributed by atoms with van der Waals surface area (Å²) in [6.45, 7) is 8.00. The Bertz CT molecular complexity index is 34.9. The molecule has 0 rings (SSSR count). The molecular formula is C6H15MgO2P. The van der Waals surface area contributed by atoms with Crippen LogP contribution in [0.15, 0.2) is 0 Å². The predicted molar refractivity (Wildman–Crippen MR) is 46.9 cm³/mol. The van der Waals surface area contributed by atoms with E-state index in [1.54, 1.807) is 0 Å². The van der Waals surface area contributed by atoms with Gasteiger partial charge in [0.25, 0.3) is 0 Å². The summed E-state index contributed by atoms with van der Waals surface area (Å²) in [6.07, 6.45) is 4.00. The molecular weight excluding hydrogens is 159 g/mol. The first kappa shape index (κ1) is 22.4. The Morgan fingerprint density at radius 1 is 1.10 bits per heavy atom. The van der Waals surface area contributed by atoms with Gasteiger partial charge in [0.1, 0.15) is 0 Å². The van der Waals surface area contributed by atoms with Crippen LogP contribution in [0.1, 0.15) is 27.7 Å². The molecule has 0 aromatic carbocycles. The Kier molecular flexibility index (Phi) is 117. The largest absolute Gasteiger partial charge is 2.00 e. The zero-order valence-electron chi connectivity index (χ0n) is 7.16. The second-order valence-corrected chi connectivity index (χ2v) is 1.40. The molecule has 0 aliphatic rings. The minimum Gasteiger partial charge on any atom is -0.335 e. The minimum atomic E-state index is -0.833. The maximum absolute atomic E-state index is 8.46. The van der Waals surface area contributed by atoms with Crippen LogP contribution in [0.3, 0.4) is 0 Å². The van der Waals surface area contributed by atoms with Gasteiger partial charge in [0.15, 0.2) is 0 Å². The molecule has 0 atom stereocenters. The van der Waals surface area contributed by atoms with E-state index < -0.39 is 8.69 Å². The molecule has 2 nitrogen and oxygen atoms in total. The standard InChI is InChI=1S/2C3H7.Mg.HO2P/c2*1-3-2;;1-3-2/h2*3H,1-2H3;;(H,1,2)/q2*-1;+2;. The molecule has 58 valence electrons. The molecule has 0 aromatic rings. The van der Waals surface area contributed by atoms with Crippen LogP contribution in [0, 0.1) is 12.8 Å². The number of hydrogen-bond donors (Lipinski definition) is 1. The van der Waals surface area contributed by atoms with Crippen molar-refractivity contribution in [2.75, 3.05) is 0 Å². The quantitative estimate of drug-likeness (QED) is 0.347. The Hall–Kier alpha value is 0.826. The van der Waals surface area contributed by atoms with Crippen LogP contribution in [0.25, 0.3) is 0 Å². The summed E-state index contributed by atoms with van der Waals surface area (Å²) >= 11 is 0. The van der Waals surface area contributed by atoms with Gasteiger partial charge in [-0.25, -0.2) is 4.57 Å². The van der Waals surface area contributed by atoms with E-state index in [1.165, 1.54) is 0 Å². The summed E-state index contributed by atoms with van der Waals surface area (Å²) in [5.41, 5.74) is 0. The van der Waals surface area contributed by atoms with Crippen LogP contribution in [-0.4, -0.2) is 27.9 Å². The summed E-state index contributed by atoms with van der Waals surface area (Å²) in [5.74, 6) is 0. The summed E-state index contributed by atoms with van der Waals surface area (Å²) in [6, 6.07) is 0. The first-order chi connectivity index (χ1) is 4.24. The van der Waals surface area contributed by atoms with Crippen LogP contribution >= 0.6 is 8.69 Å². The van der Waals surface area contributed by atoms with Gasteiger partial charge in [0.05, 0.1) is 0 Å². The molecule has 0 bridgehead atoms. The Morgan fingerprint density at radius 2 is 1.10 bits per heavy atom. The summed E-state index contributed by atoms with van der Waals surface area (Å²) in [7, 11) is -0.833. The molecule has 0 radical (unpaired) electrons. The molecule has 0 saturated carbocycles. The molecule has 0 aliphatic heterocycles.